The van der Waals surface area contributed by atoms with Crippen molar-refractivity contribution in [3.05, 3.63) is 0 Å². The Morgan fingerprint density at radius 3 is 1.84 bits per heavy atom. The quantitative estimate of drug-likeness (QED) is 0.750. The molecule has 3 nitrogen and oxygen atoms in total. The third kappa shape index (κ3) is 2.39. The molecule has 0 radical (unpaired) electrons. The molecule has 4 bridgehead atoms. The molecule has 4 fully saturated rings. The molecule has 4 aliphatic carbocycles. The maximum atomic E-state index is 13.1. The van der Waals surface area contributed by atoms with E-state index in [1.54, 1.807) is 0 Å². The Hall–Kier alpha value is -0.300. The minimum atomic E-state index is -5.89. The summed E-state index contributed by atoms with van der Waals surface area (Å²) in [6.45, 7) is -1.36. The van der Waals surface area contributed by atoms with Crippen molar-refractivity contribution in [2.75, 3.05) is 6.61 Å². The van der Waals surface area contributed by atoms with Gasteiger partial charge < -0.3 is 4.74 Å². The maximum Gasteiger partial charge on any atom is 0.396 e. The molecule has 0 saturated heterocycles. The molecule has 0 aromatic carbocycles. The standard InChI is InChI=1S/C12H17F3O3S/c13-12(14,19(15,16)17)7-18-11-4-8-1-9(5-11)3-10(2-8)6-11/h8-10H,1-7H2. The number of alkyl halides is 2. The molecule has 4 saturated carbocycles. The van der Waals surface area contributed by atoms with E-state index in [1.165, 1.54) is 0 Å². The van der Waals surface area contributed by atoms with Crippen LogP contribution < -0.4 is 0 Å². The monoisotopic (exact) mass is 298 g/mol. The van der Waals surface area contributed by atoms with Crippen molar-refractivity contribution in [3.8, 4) is 0 Å². The van der Waals surface area contributed by atoms with Crippen molar-refractivity contribution in [3.63, 3.8) is 0 Å². The van der Waals surface area contributed by atoms with Crippen molar-refractivity contribution < 1.29 is 25.8 Å². The smallest absolute Gasteiger partial charge is 0.367 e. The van der Waals surface area contributed by atoms with E-state index in [-0.39, 0.29) is 0 Å². The number of hydrogen-bond donors (Lipinski definition) is 0. The second kappa shape index (κ2) is 4.10. The number of rotatable bonds is 4. The molecule has 0 heterocycles. The summed E-state index contributed by atoms with van der Waals surface area (Å²) < 4.78 is 64.7. The zero-order valence-electron chi connectivity index (χ0n) is 10.4. The average Bonchev–Trinajstić information content (AvgIpc) is 2.23. The third-order valence-corrected chi connectivity index (χ3v) is 5.72. The van der Waals surface area contributed by atoms with Gasteiger partial charge in [-0.05, 0) is 56.3 Å². The molecule has 4 aliphatic rings. The highest BCUT2D eigenvalue weighted by molar-refractivity contribution is 7.87. The Morgan fingerprint density at radius 2 is 1.47 bits per heavy atom. The van der Waals surface area contributed by atoms with E-state index in [0.717, 1.165) is 19.3 Å². The van der Waals surface area contributed by atoms with Crippen molar-refractivity contribution in [2.45, 2.75) is 49.4 Å². The lowest BCUT2D eigenvalue weighted by Gasteiger charge is -2.56. The highest BCUT2D eigenvalue weighted by Crippen LogP contribution is 2.57. The van der Waals surface area contributed by atoms with Gasteiger partial charge in [-0.25, -0.2) is 0 Å². The largest absolute Gasteiger partial charge is 0.396 e. The molecule has 0 atom stereocenters. The van der Waals surface area contributed by atoms with Crippen LogP contribution in [0.3, 0.4) is 0 Å². The summed E-state index contributed by atoms with van der Waals surface area (Å²) in [6.07, 6.45) is 5.51. The van der Waals surface area contributed by atoms with Crippen LogP contribution in [0, 0.1) is 17.8 Å². The predicted octanol–water partition coefficient (Wildman–Crippen LogP) is 2.86. The van der Waals surface area contributed by atoms with Gasteiger partial charge in [-0.15, -0.1) is 0 Å². The molecule has 0 aromatic heterocycles. The van der Waals surface area contributed by atoms with E-state index >= 15 is 0 Å². The van der Waals surface area contributed by atoms with Gasteiger partial charge >= 0.3 is 15.5 Å². The summed E-state index contributed by atoms with van der Waals surface area (Å²) in [5.41, 5.74) is -0.636. The highest BCUT2D eigenvalue weighted by atomic mass is 32.3. The van der Waals surface area contributed by atoms with E-state index in [4.69, 9.17) is 4.74 Å². The molecular weight excluding hydrogens is 281 g/mol. The summed E-state index contributed by atoms with van der Waals surface area (Å²) in [7, 11) is -5.89. The van der Waals surface area contributed by atoms with Crippen molar-refractivity contribution in [1.82, 2.24) is 0 Å². The van der Waals surface area contributed by atoms with Gasteiger partial charge in [-0.2, -0.15) is 17.2 Å². The van der Waals surface area contributed by atoms with Gasteiger partial charge in [-0.3, -0.25) is 0 Å². The Morgan fingerprint density at radius 1 is 1.05 bits per heavy atom. The fourth-order valence-electron chi connectivity index (χ4n) is 4.52. The summed E-state index contributed by atoms with van der Waals surface area (Å²) in [5, 5.41) is -4.43. The normalized spacial score (nSPS) is 41.7. The Kier molecular flexibility index (Phi) is 2.95. The van der Waals surface area contributed by atoms with Crippen LogP contribution in [0.5, 0.6) is 0 Å². The maximum absolute atomic E-state index is 13.1. The molecular formula is C12H17F3O3S. The van der Waals surface area contributed by atoms with Crippen LogP contribution >= 0.6 is 0 Å². The van der Waals surface area contributed by atoms with Gasteiger partial charge in [0.05, 0.1) is 5.60 Å². The lowest BCUT2D eigenvalue weighted by Crippen LogP contribution is -2.53. The number of hydrogen-bond acceptors (Lipinski definition) is 3. The molecule has 7 heteroatoms. The second-order valence-electron chi connectivity index (χ2n) is 6.46. The molecule has 0 N–H and O–H groups in total. The Balaban J connectivity index is 1.70. The van der Waals surface area contributed by atoms with Gasteiger partial charge in [0.15, 0.2) is 0 Å². The Bertz CT molecular complexity index is 439. The minimum Gasteiger partial charge on any atom is -0.367 e. The predicted molar refractivity (Wildman–Crippen MR) is 61.8 cm³/mol. The summed E-state index contributed by atoms with van der Waals surface area (Å²) >= 11 is 0. The molecule has 0 unspecified atom stereocenters. The molecule has 0 amide bonds. The minimum absolute atomic E-state index is 0.502. The van der Waals surface area contributed by atoms with Crippen LogP contribution in [-0.4, -0.2) is 25.9 Å². The number of ether oxygens (including phenoxy) is 1. The molecule has 0 aliphatic heterocycles. The first kappa shape index (κ1) is 13.7. The summed E-state index contributed by atoms with van der Waals surface area (Å²) in [6, 6.07) is 0. The molecule has 0 spiro atoms. The number of halogens is 3. The van der Waals surface area contributed by atoms with E-state index in [1.807, 2.05) is 0 Å². The first-order valence-electron chi connectivity index (χ1n) is 6.65. The Labute approximate surface area is 110 Å². The first-order valence-corrected chi connectivity index (χ1v) is 8.03. The van der Waals surface area contributed by atoms with E-state index in [0.29, 0.717) is 37.0 Å². The average molecular weight is 298 g/mol. The fraction of sp³-hybridized carbons (Fsp3) is 1.00. The van der Waals surface area contributed by atoms with Gasteiger partial charge in [0.1, 0.15) is 6.61 Å². The third-order valence-electron chi connectivity index (χ3n) is 4.89. The van der Waals surface area contributed by atoms with Crippen LogP contribution in [0.2, 0.25) is 0 Å². The summed E-state index contributed by atoms with van der Waals surface area (Å²) in [4.78, 5) is 0. The van der Waals surface area contributed by atoms with Crippen molar-refractivity contribution in [2.24, 2.45) is 17.8 Å². The zero-order valence-corrected chi connectivity index (χ0v) is 11.3. The van der Waals surface area contributed by atoms with Gasteiger partial charge in [0.25, 0.3) is 0 Å². The molecule has 0 aromatic rings. The van der Waals surface area contributed by atoms with Gasteiger partial charge in [0, 0.05) is 0 Å². The lowest BCUT2D eigenvalue weighted by atomic mass is 9.54. The van der Waals surface area contributed by atoms with Crippen molar-refractivity contribution in [1.29, 1.82) is 0 Å². The molecule has 4 rings (SSSR count). The van der Waals surface area contributed by atoms with Crippen LogP contribution in [0.25, 0.3) is 0 Å². The van der Waals surface area contributed by atoms with E-state index in [2.05, 4.69) is 0 Å². The van der Waals surface area contributed by atoms with Crippen LogP contribution in [0.1, 0.15) is 38.5 Å². The van der Waals surface area contributed by atoms with Crippen LogP contribution in [0.15, 0.2) is 0 Å². The van der Waals surface area contributed by atoms with E-state index in [9.17, 15) is 21.1 Å². The molecule has 19 heavy (non-hydrogen) atoms. The van der Waals surface area contributed by atoms with E-state index < -0.39 is 27.7 Å². The van der Waals surface area contributed by atoms with Gasteiger partial charge in [0.2, 0.25) is 0 Å². The second-order valence-corrected chi connectivity index (χ2v) is 7.94. The highest BCUT2D eigenvalue weighted by Gasteiger charge is 2.54. The van der Waals surface area contributed by atoms with Crippen molar-refractivity contribution >= 4 is 10.2 Å². The fourth-order valence-corrected chi connectivity index (χ4v) is 4.72. The SMILES string of the molecule is O=S(=O)(F)C(F)(F)COC12CC3CC(CC(C3)C1)C2. The topological polar surface area (TPSA) is 43.4 Å². The molecule has 110 valence electrons. The zero-order chi connectivity index (χ0) is 13.9. The summed E-state index contributed by atoms with van der Waals surface area (Å²) in [5.74, 6) is 1.51. The van der Waals surface area contributed by atoms with Crippen LogP contribution in [-0.2, 0) is 15.0 Å². The first-order chi connectivity index (χ1) is 8.69. The van der Waals surface area contributed by atoms with Gasteiger partial charge in [-0.1, -0.05) is 3.89 Å². The van der Waals surface area contributed by atoms with Crippen LogP contribution in [0.4, 0.5) is 12.7 Å². The lowest BCUT2D eigenvalue weighted by molar-refractivity contribution is -0.185.